The lowest BCUT2D eigenvalue weighted by Gasteiger charge is -2.41. The third-order valence-electron chi connectivity index (χ3n) is 6.52. The predicted molar refractivity (Wildman–Crippen MR) is 128 cm³/mol. The molecule has 5 rings (SSSR count). The van der Waals surface area contributed by atoms with Crippen LogP contribution in [0.4, 0.5) is 13.6 Å². The first-order valence-electron chi connectivity index (χ1n) is 11.6. The minimum Gasteiger partial charge on any atom is -0.488 e. The minimum absolute atomic E-state index is 0.113. The van der Waals surface area contributed by atoms with Gasteiger partial charge in [0.25, 0.3) is 0 Å². The highest BCUT2D eigenvalue weighted by molar-refractivity contribution is 6.09. The molecule has 0 saturated carbocycles. The Morgan fingerprint density at radius 2 is 2.00 bits per heavy atom. The number of ether oxygens (including phenoxy) is 1. The summed E-state index contributed by atoms with van der Waals surface area (Å²) in [4.78, 5) is 18.9. The van der Waals surface area contributed by atoms with Crippen LogP contribution in [0.1, 0.15) is 40.5 Å². The largest absolute Gasteiger partial charge is 0.488 e. The number of allylic oxidation sites excluding steroid dienone is 1. The maximum absolute atomic E-state index is 14.6. The van der Waals surface area contributed by atoms with Crippen LogP contribution < -0.4 is 0 Å². The maximum atomic E-state index is 14.6. The highest BCUT2D eigenvalue weighted by atomic mass is 19.1. The smallest absolute Gasteiger partial charge is 0.341 e. The van der Waals surface area contributed by atoms with Gasteiger partial charge in [0, 0.05) is 31.3 Å². The van der Waals surface area contributed by atoms with E-state index in [1.807, 2.05) is 12.1 Å². The van der Waals surface area contributed by atoms with E-state index < -0.39 is 24.1 Å². The lowest BCUT2D eigenvalue weighted by molar-refractivity contribution is -0.0212. The van der Waals surface area contributed by atoms with E-state index in [9.17, 15) is 18.8 Å². The first kappa shape index (κ1) is 24.1. The number of rotatable bonds is 4. The fourth-order valence-electron chi connectivity index (χ4n) is 4.64. The van der Waals surface area contributed by atoms with Crippen molar-refractivity contribution >= 4 is 18.0 Å². The standard InChI is InChI=1S/C25H22F2N8O2/c1-14-21(10-29)32-33(2)24(14)20-8-23(19(27)11-30-20)37-18-12-34(13-18)25(36)35-22(3-4-31-35)16-5-15(9-28)6-17(26)7-16/h4-8,18-19,22H,3,11-13H2,1-2H3/t19?,22-/m0/s1. The number of aliphatic imine (C=N–C) groups is 1. The Balaban J connectivity index is 1.24. The molecule has 37 heavy (non-hydrogen) atoms. The van der Waals surface area contributed by atoms with Gasteiger partial charge in [0.15, 0.2) is 11.9 Å². The number of carbonyl (C=O) groups excluding carboxylic acids is 1. The van der Waals surface area contributed by atoms with Crippen molar-refractivity contribution in [3.8, 4) is 12.1 Å². The number of amides is 2. The topological polar surface area (TPSA) is 123 Å². The Kier molecular flexibility index (Phi) is 6.17. The second-order valence-electron chi connectivity index (χ2n) is 9.00. The Hall–Kier alpha value is -4.58. The molecule has 10 nitrogen and oxygen atoms in total. The molecule has 1 aromatic heterocycles. The predicted octanol–water partition coefficient (Wildman–Crippen LogP) is 2.89. The molecular weight excluding hydrogens is 482 g/mol. The molecular formula is C25H22F2N8O2. The van der Waals surface area contributed by atoms with Crippen LogP contribution in [0.3, 0.4) is 0 Å². The zero-order chi connectivity index (χ0) is 26.3. The van der Waals surface area contributed by atoms with Crippen molar-refractivity contribution in [1.29, 1.82) is 10.5 Å². The van der Waals surface area contributed by atoms with Gasteiger partial charge in [-0.25, -0.2) is 18.6 Å². The van der Waals surface area contributed by atoms with E-state index in [1.165, 1.54) is 26.7 Å². The van der Waals surface area contributed by atoms with Crippen molar-refractivity contribution in [3.63, 3.8) is 0 Å². The molecule has 0 aliphatic carbocycles. The number of carbonyl (C=O) groups is 1. The van der Waals surface area contributed by atoms with E-state index >= 15 is 0 Å². The number of nitrogens with zero attached hydrogens (tertiary/aromatic N) is 8. The summed E-state index contributed by atoms with van der Waals surface area (Å²) in [6, 6.07) is 7.02. The summed E-state index contributed by atoms with van der Waals surface area (Å²) >= 11 is 0. The minimum atomic E-state index is -1.42. The van der Waals surface area contributed by atoms with Gasteiger partial charge in [0.05, 0.1) is 48.7 Å². The van der Waals surface area contributed by atoms with Crippen LogP contribution in [0.2, 0.25) is 0 Å². The molecule has 0 N–H and O–H groups in total. The van der Waals surface area contributed by atoms with Crippen LogP contribution in [0.5, 0.6) is 0 Å². The second kappa shape index (κ2) is 9.47. The zero-order valence-corrected chi connectivity index (χ0v) is 20.1. The average molecular weight is 505 g/mol. The summed E-state index contributed by atoms with van der Waals surface area (Å²) in [6.07, 6.45) is 1.65. The summed E-state index contributed by atoms with van der Waals surface area (Å²) in [7, 11) is 1.69. The number of dihydropyridines is 1. The van der Waals surface area contributed by atoms with E-state index in [1.54, 1.807) is 26.3 Å². The van der Waals surface area contributed by atoms with Gasteiger partial charge < -0.3 is 9.64 Å². The summed E-state index contributed by atoms with van der Waals surface area (Å²) in [6.45, 7) is 2.09. The highest BCUT2D eigenvalue weighted by Gasteiger charge is 2.40. The van der Waals surface area contributed by atoms with Crippen LogP contribution in [0.15, 0.2) is 40.1 Å². The summed E-state index contributed by atoms with van der Waals surface area (Å²) < 4.78 is 36.0. The Morgan fingerprint density at radius 3 is 2.70 bits per heavy atom. The molecule has 188 valence electrons. The number of hydrazone groups is 1. The molecule has 4 heterocycles. The third-order valence-corrected chi connectivity index (χ3v) is 6.52. The van der Waals surface area contributed by atoms with Gasteiger partial charge in [-0.2, -0.15) is 20.7 Å². The lowest BCUT2D eigenvalue weighted by atomic mass is 10.0. The molecule has 2 atom stereocenters. The number of urea groups is 1. The molecule has 2 amide bonds. The monoisotopic (exact) mass is 504 g/mol. The zero-order valence-electron chi connectivity index (χ0n) is 20.1. The number of nitriles is 2. The highest BCUT2D eigenvalue weighted by Crippen LogP contribution is 2.32. The molecule has 3 aliphatic heterocycles. The summed E-state index contributed by atoms with van der Waals surface area (Å²) in [5.74, 6) is -0.442. The molecule has 12 heteroatoms. The summed E-state index contributed by atoms with van der Waals surface area (Å²) in [5, 5.41) is 28.0. The molecule has 0 spiro atoms. The van der Waals surface area contributed by atoms with E-state index in [0.29, 0.717) is 29.0 Å². The maximum Gasteiger partial charge on any atom is 0.341 e. The fraction of sp³-hybridized carbons (Fsp3) is 0.360. The second-order valence-corrected chi connectivity index (χ2v) is 9.00. The lowest BCUT2D eigenvalue weighted by Crippen LogP contribution is -2.57. The van der Waals surface area contributed by atoms with Gasteiger partial charge in [0.2, 0.25) is 0 Å². The van der Waals surface area contributed by atoms with E-state index in [4.69, 9.17) is 10.00 Å². The number of aromatic nitrogens is 2. The van der Waals surface area contributed by atoms with Gasteiger partial charge in [-0.05, 0) is 30.7 Å². The van der Waals surface area contributed by atoms with Crippen LogP contribution in [-0.4, -0.2) is 69.6 Å². The number of aryl methyl sites for hydroxylation is 1. The number of hydrogen-bond acceptors (Lipinski definition) is 7. The normalized spacial score (nSPS) is 21.1. The van der Waals surface area contributed by atoms with E-state index in [0.717, 1.165) is 6.07 Å². The van der Waals surface area contributed by atoms with Gasteiger partial charge in [-0.15, -0.1) is 0 Å². The van der Waals surface area contributed by atoms with Crippen molar-refractivity contribution in [2.24, 2.45) is 17.1 Å². The van der Waals surface area contributed by atoms with Crippen LogP contribution in [0.25, 0.3) is 0 Å². The van der Waals surface area contributed by atoms with Crippen molar-refractivity contribution in [2.45, 2.75) is 31.7 Å². The molecule has 1 aromatic carbocycles. The van der Waals surface area contributed by atoms with Gasteiger partial charge in [0.1, 0.15) is 23.7 Å². The van der Waals surface area contributed by atoms with Gasteiger partial charge >= 0.3 is 6.03 Å². The molecule has 1 unspecified atom stereocenters. The van der Waals surface area contributed by atoms with E-state index in [-0.39, 0.29) is 42.7 Å². The number of benzene rings is 1. The quantitative estimate of drug-likeness (QED) is 0.634. The molecule has 1 saturated heterocycles. The fourth-order valence-corrected chi connectivity index (χ4v) is 4.64. The molecule has 0 bridgehead atoms. The third kappa shape index (κ3) is 4.42. The van der Waals surface area contributed by atoms with E-state index in [2.05, 4.69) is 15.2 Å². The first-order valence-corrected chi connectivity index (χ1v) is 11.6. The Labute approximate surface area is 211 Å². The summed E-state index contributed by atoms with van der Waals surface area (Å²) in [5.41, 5.74) is 2.67. The molecule has 2 aromatic rings. The molecule has 1 fully saturated rings. The number of halogens is 2. The van der Waals surface area contributed by atoms with Gasteiger partial charge in [-0.1, -0.05) is 0 Å². The number of hydrogen-bond donors (Lipinski definition) is 0. The van der Waals surface area contributed by atoms with Crippen molar-refractivity contribution in [2.75, 3.05) is 19.6 Å². The SMILES string of the molecule is Cc1c(C#N)nn(C)c1C1=NCC(F)C(OC2CN(C(=O)N3N=CC[C@H]3c3cc(F)cc(C#N)c3)C2)=C1. The first-order chi connectivity index (χ1) is 17.8. The number of alkyl halides is 1. The Morgan fingerprint density at radius 1 is 1.22 bits per heavy atom. The number of likely N-dealkylation sites (tertiary alicyclic amines) is 1. The van der Waals surface area contributed by atoms with Crippen LogP contribution >= 0.6 is 0 Å². The Bertz CT molecular complexity index is 1440. The van der Waals surface area contributed by atoms with Gasteiger partial charge in [-0.3, -0.25) is 9.67 Å². The van der Waals surface area contributed by atoms with Crippen molar-refractivity contribution in [3.05, 3.63) is 63.9 Å². The van der Waals surface area contributed by atoms with Crippen LogP contribution in [-0.2, 0) is 11.8 Å². The molecule has 0 radical (unpaired) electrons. The van der Waals surface area contributed by atoms with Crippen LogP contribution in [0, 0.1) is 35.4 Å². The van der Waals surface area contributed by atoms with Crippen molar-refractivity contribution < 1.29 is 18.3 Å². The molecule has 3 aliphatic rings. The average Bonchev–Trinajstić information content (AvgIpc) is 3.45. The van der Waals surface area contributed by atoms with Crippen molar-refractivity contribution in [1.82, 2.24) is 19.7 Å².